The highest BCUT2D eigenvalue weighted by Crippen LogP contribution is 2.39. The number of benzene rings is 2. The number of hydrogen-bond acceptors (Lipinski definition) is 2. The number of para-hydroxylation sites is 1. The number of hydrogen-bond donors (Lipinski definition) is 1. The molecule has 2 nitrogen and oxygen atoms in total. The van der Waals surface area contributed by atoms with Crippen molar-refractivity contribution in [1.29, 1.82) is 0 Å². The van der Waals surface area contributed by atoms with Gasteiger partial charge < -0.3 is 10.5 Å². The minimum Gasteiger partial charge on any atom is -0.457 e. The van der Waals surface area contributed by atoms with Crippen LogP contribution < -0.4 is 10.5 Å². The third-order valence-corrected chi connectivity index (χ3v) is 3.13. The number of nitrogens with two attached hydrogens (primary N) is 1. The van der Waals surface area contributed by atoms with Gasteiger partial charge in [0.1, 0.15) is 11.5 Å². The highest BCUT2D eigenvalue weighted by Gasteiger charge is 2.34. The lowest BCUT2D eigenvalue weighted by atomic mass is 10.1. The van der Waals surface area contributed by atoms with Crippen molar-refractivity contribution in [2.45, 2.75) is 18.4 Å². The first-order chi connectivity index (χ1) is 8.33. The summed E-state index contributed by atoms with van der Waals surface area (Å²) in [5.74, 6) is 2.29. The minimum absolute atomic E-state index is 0. The van der Waals surface area contributed by atoms with Crippen molar-refractivity contribution in [3.63, 3.8) is 0 Å². The zero-order valence-electron chi connectivity index (χ0n) is 9.95. The molecule has 94 valence electrons. The molecule has 0 spiro atoms. The second kappa shape index (κ2) is 5.42. The Morgan fingerprint density at radius 2 is 1.44 bits per heavy atom. The van der Waals surface area contributed by atoms with Crippen LogP contribution in [0.15, 0.2) is 54.6 Å². The maximum Gasteiger partial charge on any atom is 0.127 e. The Labute approximate surface area is 113 Å². The summed E-state index contributed by atoms with van der Waals surface area (Å²) in [5, 5.41) is 0. The van der Waals surface area contributed by atoms with Crippen molar-refractivity contribution in [2.24, 2.45) is 5.73 Å². The Bertz CT molecular complexity index is 498. The van der Waals surface area contributed by atoms with Crippen molar-refractivity contribution in [3.8, 4) is 11.5 Å². The molecule has 0 unspecified atom stereocenters. The molecule has 2 atom stereocenters. The van der Waals surface area contributed by atoms with Gasteiger partial charge in [-0.25, -0.2) is 0 Å². The third-order valence-electron chi connectivity index (χ3n) is 3.13. The summed E-state index contributed by atoms with van der Waals surface area (Å²) < 4.78 is 5.73. The summed E-state index contributed by atoms with van der Waals surface area (Å²) in [6.07, 6.45) is 1.11. The molecule has 0 amide bonds. The number of halogens is 1. The van der Waals surface area contributed by atoms with Crippen LogP contribution in [0.5, 0.6) is 11.5 Å². The van der Waals surface area contributed by atoms with E-state index >= 15 is 0 Å². The largest absolute Gasteiger partial charge is 0.457 e. The Balaban J connectivity index is 0.00000120. The second-order valence-corrected chi connectivity index (χ2v) is 4.49. The van der Waals surface area contributed by atoms with Crippen LogP contribution in [0.3, 0.4) is 0 Å². The van der Waals surface area contributed by atoms with E-state index in [1.54, 1.807) is 0 Å². The lowest BCUT2D eigenvalue weighted by Gasteiger charge is -2.06. The van der Waals surface area contributed by atoms with E-state index in [1.165, 1.54) is 5.56 Å². The standard InChI is InChI=1S/C15H15NO.ClH/c16-15-10-14(15)11-6-8-13(9-7-11)17-12-4-2-1-3-5-12;/h1-9,14-15H,10,16H2;1H/t14-,15+;/m0./s1. The van der Waals surface area contributed by atoms with Gasteiger partial charge in [0.25, 0.3) is 0 Å². The molecular weight excluding hydrogens is 246 g/mol. The van der Waals surface area contributed by atoms with Gasteiger partial charge in [-0.05, 0) is 36.2 Å². The van der Waals surface area contributed by atoms with Crippen molar-refractivity contribution in [1.82, 2.24) is 0 Å². The van der Waals surface area contributed by atoms with E-state index in [-0.39, 0.29) is 12.4 Å². The maximum atomic E-state index is 5.83. The van der Waals surface area contributed by atoms with Crippen LogP contribution in [0.2, 0.25) is 0 Å². The van der Waals surface area contributed by atoms with Gasteiger partial charge in [0, 0.05) is 12.0 Å². The van der Waals surface area contributed by atoms with Crippen LogP contribution in [0, 0.1) is 0 Å². The quantitative estimate of drug-likeness (QED) is 0.914. The lowest BCUT2D eigenvalue weighted by Crippen LogP contribution is -2.00. The number of rotatable bonds is 3. The van der Waals surface area contributed by atoms with Crippen LogP contribution in [0.4, 0.5) is 0 Å². The van der Waals surface area contributed by atoms with Crippen LogP contribution in [-0.2, 0) is 0 Å². The second-order valence-electron chi connectivity index (χ2n) is 4.49. The van der Waals surface area contributed by atoms with Gasteiger partial charge in [0.15, 0.2) is 0 Å². The summed E-state index contributed by atoms with van der Waals surface area (Å²) in [5.41, 5.74) is 7.15. The zero-order chi connectivity index (χ0) is 11.7. The predicted octanol–water partition coefficient (Wildman–Crippen LogP) is 3.72. The van der Waals surface area contributed by atoms with E-state index in [0.717, 1.165) is 17.9 Å². The molecule has 3 rings (SSSR count). The fourth-order valence-electron chi connectivity index (χ4n) is 2.01. The molecule has 0 radical (unpaired) electrons. The minimum atomic E-state index is 0. The molecular formula is C15H16ClNO. The average Bonchev–Trinajstić information content (AvgIpc) is 3.09. The molecule has 0 heterocycles. The molecule has 2 aromatic carbocycles. The van der Waals surface area contributed by atoms with E-state index in [0.29, 0.717) is 12.0 Å². The van der Waals surface area contributed by atoms with Gasteiger partial charge in [-0.1, -0.05) is 30.3 Å². The Morgan fingerprint density at radius 3 is 2.00 bits per heavy atom. The smallest absolute Gasteiger partial charge is 0.127 e. The van der Waals surface area contributed by atoms with Gasteiger partial charge in [-0.2, -0.15) is 0 Å². The molecule has 0 bridgehead atoms. The third kappa shape index (κ3) is 2.84. The lowest BCUT2D eigenvalue weighted by molar-refractivity contribution is 0.482. The van der Waals surface area contributed by atoms with Crippen molar-refractivity contribution in [2.75, 3.05) is 0 Å². The van der Waals surface area contributed by atoms with Crippen LogP contribution in [0.25, 0.3) is 0 Å². The molecule has 0 aliphatic heterocycles. The summed E-state index contributed by atoms with van der Waals surface area (Å²) >= 11 is 0. The fraction of sp³-hybridized carbons (Fsp3) is 0.200. The molecule has 1 aliphatic rings. The number of ether oxygens (including phenoxy) is 1. The topological polar surface area (TPSA) is 35.2 Å². The van der Waals surface area contributed by atoms with E-state index in [1.807, 2.05) is 42.5 Å². The van der Waals surface area contributed by atoms with E-state index in [9.17, 15) is 0 Å². The first kappa shape index (κ1) is 12.9. The molecule has 0 aromatic heterocycles. The first-order valence-electron chi connectivity index (χ1n) is 5.91. The summed E-state index contributed by atoms with van der Waals surface area (Å²) in [4.78, 5) is 0. The monoisotopic (exact) mass is 261 g/mol. The van der Waals surface area contributed by atoms with Gasteiger partial charge in [0.2, 0.25) is 0 Å². The summed E-state index contributed by atoms with van der Waals surface area (Å²) in [7, 11) is 0. The van der Waals surface area contributed by atoms with E-state index in [4.69, 9.17) is 10.5 Å². The highest BCUT2D eigenvalue weighted by atomic mass is 35.5. The van der Waals surface area contributed by atoms with E-state index < -0.39 is 0 Å². The van der Waals surface area contributed by atoms with Crippen LogP contribution in [0.1, 0.15) is 17.9 Å². The zero-order valence-corrected chi connectivity index (χ0v) is 10.8. The van der Waals surface area contributed by atoms with Gasteiger partial charge >= 0.3 is 0 Å². The van der Waals surface area contributed by atoms with Crippen molar-refractivity contribution < 1.29 is 4.74 Å². The Morgan fingerprint density at radius 1 is 0.889 bits per heavy atom. The molecule has 3 heteroatoms. The Kier molecular flexibility index (Phi) is 3.90. The Hall–Kier alpha value is -1.51. The fourth-order valence-corrected chi connectivity index (χ4v) is 2.01. The molecule has 1 aliphatic carbocycles. The van der Waals surface area contributed by atoms with E-state index in [2.05, 4.69) is 12.1 Å². The molecule has 1 fully saturated rings. The first-order valence-corrected chi connectivity index (χ1v) is 5.91. The molecule has 2 aromatic rings. The highest BCUT2D eigenvalue weighted by molar-refractivity contribution is 5.85. The van der Waals surface area contributed by atoms with Crippen LogP contribution >= 0.6 is 12.4 Å². The van der Waals surface area contributed by atoms with Crippen LogP contribution in [-0.4, -0.2) is 6.04 Å². The van der Waals surface area contributed by atoms with Gasteiger partial charge in [-0.15, -0.1) is 12.4 Å². The normalized spacial score (nSPS) is 20.9. The van der Waals surface area contributed by atoms with Crippen molar-refractivity contribution >= 4 is 12.4 Å². The average molecular weight is 262 g/mol. The van der Waals surface area contributed by atoms with Gasteiger partial charge in [0.05, 0.1) is 0 Å². The van der Waals surface area contributed by atoms with Gasteiger partial charge in [-0.3, -0.25) is 0 Å². The maximum absolute atomic E-state index is 5.83. The molecule has 18 heavy (non-hydrogen) atoms. The summed E-state index contributed by atoms with van der Waals surface area (Å²) in [6.45, 7) is 0. The predicted molar refractivity (Wildman–Crippen MR) is 75.5 cm³/mol. The molecule has 1 saturated carbocycles. The van der Waals surface area contributed by atoms with Crippen molar-refractivity contribution in [3.05, 3.63) is 60.2 Å². The summed E-state index contributed by atoms with van der Waals surface area (Å²) in [6, 6.07) is 18.4. The molecule has 2 N–H and O–H groups in total. The SMILES string of the molecule is Cl.N[C@@H]1C[C@H]1c1ccc(Oc2ccccc2)cc1. The molecule has 0 saturated heterocycles.